The number of fused-ring (bicyclic) bond motifs is 1. The van der Waals surface area contributed by atoms with Gasteiger partial charge >= 0.3 is 9.24 Å². The van der Waals surface area contributed by atoms with Crippen LogP contribution >= 0.6 is 33.9 Å². The van der Waals surface area contributed by atoms with Crippen LogP contribution in [0, 0.1) is 0 Å². The van der Waals surface area contributed by atoms with Crippen molar-refractivity contribution < 1.29 is 13.2 Å². The third kappa shape index (κ3) is 2.47. The molecule has 2 fully saturated rings. The Morgan fingerprint density at radius 1 is 1.12 bits per heavy atom. The lowest BCUT2D eigenvalue weighted by Gasteiger charge is -2.51. The van der Waals surface area contributed by atoms with Crippen LogP contribution < -0.4 is 0 Å². The normalized spacial score (nSPS) is 33.5. The summed E-state index contributed by atoms with van der Waals surface area (Å²) < 4.78 is 32.6. The van der Waals surface area contributed by atoms with Crippen molar-refractivity contribution in [2.24, 2.45) is 4.40 Å². The molecule has 4 nitrogen and oxygen atoms in total. The zero-order chi connectivity index (χ0) is 17.2. The Balaban J connectivity index is 1.93. The van der Waals surface area contributed by atoms with E-state index in [0.29, 0.717) is 16.5 Å². The van der Waals surface area contributed by atoms with Crippen LogP contribution in [0.5, 0.6) is 0 Å². The molecule has 1 aromatic carbocycles. The van der Waals surface area contributed by atoms with E-state index in [1.54, 1.807) is 6.07 Å². The van der Waals surface area contributed by atoms with Gasteiger partial charge in [0, 0.05) is 32.6 Å². The van der Waals surface area contributed by atoms with E-state index in [1.165, 1.54) is 0 Å². The Morgan fingerprint density at radius 3 is 2.62 bits per heavy atom. The predicted molar refractivity (Wildman–Crippen MR) is 95.6 cm³/mol. The molecule has 3 aliphatic rings. The zero-order valence-corrected chi connectivity index (χ0v) is 15.9. The number of rotatable bonds is 1. The highest BCUT2D eigenvalue weighted by atomic mass is 35.7. The lowest BCUT2D eigenvalue weighted by atomic mass is 9.54. The lowest BCUT2D eigenvalue weighted by Crippen LogP contribution is -2.53. The topological polar surface area (TPSA) is 55.7 Å². The van der Waals surface area contributed by atoms with Crippen molar-refractivity contribution in [2.45, 2.75) is 56.0 Å². The molecular weight excluding hydrogens is 393 g/mol. The maximum absolute atomic E-state index is 11.4. The SMILES string of the molecule is O=S(=O)(Cl)N=C1CC23CCCCC2(CCc2c(Cl)cc(Cl)cc23)O1. The Morgan fingerprint density at radius 2 is 1.88 bits per heavy atom. The van der Waals surface area contributed by atoms with E-state index >= 15 is 0 Å². The van der Waals surface area contributed by atoms with Gasteiger partial charge in [0.05, 0.1) is 0 Å². The fraction of sp³-hybridized carbons (Fsp3) is 0.562. The Hall–Kier alpha value is -0.490. The van der Waals surface area contributed by atoms with Gasteiger partial charge in [0.25, 0.3) is 0 Å². The summed E-state index contributed by atoms with van der Waals surface area (Å²) in [7, 11) is 1.31. The van der Waals surface area contributed by atoms with Gasteiger partial charge < -0.3 is 4.74 Å². The minimum atomic E-state index is -4.01. The largest absolute Gasteiger partial charge is 0.473 e. The van der Waals surface area contributed by atoms with Crippen LogP contribution in [0.1, 0.15) is 49.7 Å². The summed E-state index contributed by atoms with van der Waals surface area (Å²) in [4.78, 5) is 0. The molecule has 0 N–H and O–H groups in total. The van der Waals surface area contributed by atoms with Gasteiger partial charge in [-0.15, -0.1) is 4.40 Å². The van der Waals surface area contributed by atoms with E-state index < -0.39 is 14.8 Å². The van der Waals surface area contributed by atoms with Crippen molar-refractivity contribution >= 4 is 49.0 Å². The number of halogens is 3. The molecule has 1 aromatic rings. The molecule has 4 rings (SSSR count). The molecule has 130 valence electrons. The van der Waals surface area contributed by atoms with Gasteiger partial charge in [-0.1, -0.05) is 29.6 Å². The van der Waals surface area contributed by atoms with Crippen molar-refractivity contribution in [3.63, 3.8) is 0 Å². The average molecular weight is 409 g/mol. The molecular formula is C16H16Cl3NO3S. The first-order valence-corrected chi connectivity index (χ1v) is 11.0. The highest BCUT2D eigenvalue weighted by Gasteiger charge is 2.63. The minimum absolute atomic E-state index is 0.204. The second kappa shape index (κ2) is 5.50. The van der Waals surface area contributed by atoms with Crippen LogP contribution in [-0.4, -0.2) is 19.9 Å². The Kier molecular flexibility index (Phi) is 3.89. The maximum Gasteiger partial charge on any atom is 0.342 e. The third-order valence-electron chi connectivity index (χ3n) is 5.74. The lowest BCUT2D eigenvalue weighted by molar-refractivity contribution is -0.0324. The highest BCUT2D eigenvalue weighted by molar-refractivity contribution is 8.12. The first kappa shape index (κ1) is 17.0. The van der Waals surface area contributed by atoms with Crippen LogP contribution in [0.4, 0.5) is 0 Å². The quantitative estimate of drug-likeness (QED) is 0.628. The smallest absolute Gasteiger partial charge is 0.342 e. The summed E-state index contributed by atoms with van der Waals surface area (Å²) in [6.45, 7) is 0. The molecule has 2 atom stereocenters. The van der Waals surface area contributed by atoms with Gasteiger partial charge in [-0.3, -0.25) is 0 Å². The Bertz CT molecular complexity index is 854. The average Bonchev–Trinajstić information content (AvgIpc) is 2.79. The Labute approximate surface area is 155 Å². The molecule has 1 saturated heterocycles. The van der Waals surface area contributed by atoms with Crippen molar-refractivity contribution in [3.8, 4) is 0 Å². The first-order chi connectivity index (χ1) is 11.2. The molecule has 0 radical (unpaired) electrons. The van der Waals surface area contributed by atoms with Gasteiger partial charge in [-0.2, -0.15) is 8.42 Å². The second-order valence-corrected chi connectivity index (χ2v) is 9.89. The van der Waals surface area contributed by atoms with Gasteiger partial charge in [0.1, 0.15) is 5.60 Å². The van der Waals surface area contributed by atoms with Crippen LogP contribution in [0.2, 0.25) is 10.0 Å². The van der Waals surface area contributed by atoms with Gasteiger partial charge in [-0.05, 0) is 55.4 Å². The van der Waals surface area contributed by atoms with Gasteiger partial charge in [0.15, 0.2) is 0 Å². The maximum atomic E-state index is 11.4. The van der Waals surface area contributed by atoms with Gasteiger partial charge in [0.2, 0.25) is 5.90 Å². The summed E-state index contributed by atoms with van der Waals surface area (Å²) >= 11 is 12.7. The molecule has 2 unspecified atom stereocenters. The van der Waals surface area contributed by atoms with E-state index in [1.807, 2.05) is 6.07 Å². The van der Waals surface area contributed by atoms with Crippen molar-refractivity contribution in [1.82, 2.24) is 0 Å². The molecule has 0 spiro atoms. The van der Waals surface area contributed by atoms with Crippen LogP contribution in [-0.2, 0) is 25.8 Å². The van der Waals surface area contributed by atoms with E-state index in [2.05, 4.69) is 4.40 Å². The minimum Gasteiger partial charge on any atom is -0.473 e. The summed E-state index contributed by atoms with van der Waals surface area (Å²) in [6.07, 6.45) is 5.87. The fourth-order valence-corrected chi connectivity index (χ4v) is 6.06. The van der Waals surface area contributed by atoms with Crippen LogP contribution in [0.3, 0.4) is 0 Å². The molecule has 1 heterocycles. The third-order valence-corrected chi connectivity index (χ3v) is 6.92. The summed E-state index contributed by atoms with van der Waals surface area (Å²) in [5, 5.41) is 1.26. The molecule has 24 heavy (non-hydrogen) atoms. The molecule has 2 aliphatic carbocycles. The van der Waals surface area contributed by atoms with E-state index in [0.717, 1.165) is 49.7 Å². The zero-order valence-electron chi connectivity index (χ0n) is 12.8. The van der Waals surface area contributed by atoms with Crippen molar-refractivity contribution in [1.29, 1.82) is 0 Å². The van der Waals surface area contributed by atoms with Crippen molar-refractivity contribution in [2.75, 3.05) is 0 Å². The summed E-state index contributed by atoms with van der Waals surface area (Å²) in [6, 6.07) is 3.73. The number of nitrogens with zero attached hydrogens (tertiary/aromatic N) is 1. The number of benzene rings is 1. The standard InChI is InChI=1S/C16H16Cl3NO3S/c17-10-7-12-11(13(18)8-10)3-6-16-5-2-1-4-15(12,16)9-14(23-16)20-24(19,21)22/h7-8H,1-6,9H2. The fourth-order valence-electron chi connectivity index (χ4n) is 4.90. The van der Waals surface area contributed by atoms with Crippen LogP contribution in [0.15, 0.2) is 16.5 Å². The van der Waals surface area contributed by atoms with E-state index in [4.69, 9.17) is 38.6 Å². The molecule has 1 aliphatic heterocycles. The van der Waals surface area contributed by atoms with Crippen molar-refractivity contribution in [3.05, 3.63) is 33.3 Å². The summed E-state index contributed by atoms with van der Waals surface area (Å²) in [5.74, 6) is 0.204. The molecule has 8 heteroatoms. The highest BCUT2D eigenvalue weighted by Crippen LogP contribution is 2.61. The summed E-state index contributed by atoms with van der Waals surface area (Å²) in [5.41, 5.74) is 1.42. The second-order valence-electron chi connectivity index (χ2n) is 6.87. The number of ether oxygens (including phenoxy) is 1. The first-order valence-electron chi connectivity index (χ1n) is 7.96. The molecule has 0 amide bonds. The van der Waals surface area contributed by atoms with E-state index in [-0.39, 0.29) is 11.3 Å². The monoisotopic (exact) mass is 407 g/mol. The molecule has 0 bridgehead atoms. The molecule has 1 saturated carbocycles. The number of hydrogen-bond donors (Lipinski definition) is 0. The number of hydrogen-bond acceptors (Lipinski definition) is 3. The van der Waals surface area contributed by atoms with E-state index in [9.17, 15) is 8.42 Å². The van der Waals surface area contributed by atoms with Gasteiger partial charge in [-0.25, -0.2) is 0 Å². The predicted octanol–water partition coefficient (Wildman–Crippen LogP) is 4.79. The van der Waals surface area contributed by atoms with Crippen LogP contribution in [0.25, 0.3) is 0 Å². The molecule has 0 aromatic heterocycles.